The monoisotopic (exact) mass is 610 g/mol. The number of rotatable bonds is 11. The van der Waals surface area contributed by atoms with E-state index in [0.717, 1.165) is 43.9 Å². The maximum absolute atomic E-state index is 14.4. The van der Waals surface area contributed by atoms with Gasteiger partial charge in [0.1, 0.15) is 12.1 Å². The highest BCUT2D eigenvalue weighted by Gasteiger charge is 2.53. The first-order chi connectivity index (χ1) is 20.9. The molecule has 7 aliphatic rings. The number of carbonyl (C=O) groups excluding carboxylic acids is 5. The lowest BCUT2D eigenvalue weighted by atomic mass is 9.51. The van der Waals surface area contributed by atoms with Crippen molar-refractivity contribution in [2.75, 3.05) is 6.54 Å². The van der Waals surface area contributed by atoms with Crippen molar-refractivity contribution in [3.63, 3.8) is 0 Å². The van der Waals surface area contributed by atoms with E-state index in [1.807, 2.05) is 27.7 Å². The van der Waals surface area contributed by atoms with Crippen LogP contribution in [0.5, 0.6) is 0 Å². The Bertz CT molecular complexity index is 1130. The first-order valence-electron chi connectivity index (χ1n) is 17.7. The van der Waals surface area contributed by atoms with E-state index in [1.54, 1.807) is 4.90 Å². The fourth-order valence-corrected chi connectivity index (χ4v) is 9.94. The Morgan fingerprint density at radius 1 is 0.841 bits per heavy atom. The van der Waals surface area contributed by atoms with Crippen LogP contribution in [0.1, 0.15) is 111 Å². The maximum Gasteiger partial charge on any atom is 0.289 e. The van der Waals surface area contributed by atoms with E-state index >= 15 is 0 Å². The minimum atomic E-state index is -0.914. The van der Waals surface area contributed by atoms with Crippen LogP contribution >= 0.6 is 0 Å². The number of likely N-dealkylation sites (tertiary alicyclic amines) is 1. The molecule has 244 valence electrons. The summed E-state index contributed by atoms with van der Waals surface area (Å²) in [6.45, 7) is 8.31. The van der Waals surface area contributed by atoms with Crippen molar-refractivity contribution in [2.45, 2.75) is 135 Å². The molecule has 6 saturated carbocycles. The van der Waals surface area contributed by atoms with Crippen LogP contribution in [0.25, 0.3) is 0 Å². The zero-order valence-electron chi connectivity index (χ0n) is 27.2. The van der Waals surface area contributed by atoms with E-state index in [4.69, 9.17) is 0 Å². The number of nitrogens with zero attached hydrogens (tertiary/aromatic N) is 1. The van der Waals surface area contributed by atoms with Crippen LogP contribution in [0.4, 0.5) is 0 Å². The number of ketones is 1. The molecule has 6 aliphatic carbocycles. The Hall–Kier alpha value is -2.45. The lowest BCUT2D eigenvalue weighted by molar-refractivity contribution is -0.146. The Kier molecular flexibility index (Phi) is 8.88. The van der Waals surface area contributed by atoms with Crippen molar-refractivity contribution in [1.82, 2.24) is 20.9 Å². The highest BCUT2D eigenvalue weighted by atomic mass is 16.2. The highest BCUT2D eigenvalue weighted by molar-refractivity contribution is 6.38. The van der Waals surface area contributed by atoms with E-state index in [2.05, 4.69) is 16.0 Å². The molecule has 0 aromatic rings. The molecule has 5 atom stereocenters. The molecule has 0 aromatic carbocycles. The second-order valence-electron chi connectivity index (χ2n) is 16.4. The quantitative estimate of drug-likeness (QED) is 0.308. The van der Waals surface area contributed by atoms with E-state index in [1.165, 1.54) is 32.1 Å². The summed E-state index contributed by atoms with van der Waals surface area (Å²) >= 11 is 0. The topological polar surface area (TPSA) is 125 Å². The van der Waals surface area contributed by atoms with Crippen molar-refractivity contribution < 1.29 is 24.0 Å². The number of Topliss-reactive ketones (excluding diaryl/α,β-unsaturated/α-hetero) is 1. The number of hydrogen-bond acceptors (Lipinski definition) is 5. The summed E-state index contributed by atoms with van der Waals surface area (Å²) in [4.78, 5) is 69.3. The molecule has 0 spiro atoms. The van der Waals surface area contributed by atoms with Crippen molar-refractivity contribution in [3.05, 3.63) is 0 Å². The van der Waals surface area contributed by atoms with Gasteiger partial charge in [0, 0.05) is 19.0 Å². The first kappa shape index (κ1) is 31.5. The van der Waals surface area contributed by atoms with Crippen LogP contribution in [0.15, 0.2) is 0 Å². The van der Waals surface area contributed by atoms with Crippen LogP contribution in [-0.2, 0) is 24.0 Å². The molecular weight excluding hydrogens is 556 g/mol. The van der Waals surface area contributed by atoms with E-state index in [-0.39, 0.29) is 35.6 Å². The number of fused-ring (bicyclic) bond motifs is 1. The Labute approximate surface area is 262 Å². The number of hydrogen-bond donors (Lipinski definition) is 3. The zero-order chi connectivity index (χ0) is 31.3. The van der Waals surface area contributed by atoms with Crippen LogP contribution in [0.3, 0.4) is 0 Å². The SMILES string of the molecule is CCC[C@H](NC(=O)[C@@H]1[C@H]2CCC[C@H]2CN1C(=O)[C@@H](NC(=O)CC1C2CC3CC(C2)CC1C3)C(C)(C)C)C(=O)C(=O)NC1CC1. The second kappa shape index (κ2) is 12.4. The smallest absolute Gasteiger partial charge is 0.289 e. The summed E-state index contributed by atoms with van der Waals surface area (Å²) in [5.41, 5.74) is -0.544. The summed E-state index contributed by atoms with van der Waals surface area (Å²) in [5, 5.41) is 8.82. The minimum Gasteiger partial charge on any atom is -0.347 e. The Morgan fingerprint density at radius 3 is 2.09 bits per heavy atom. The van der Waals surface area contributed by atoms with E-state index in [9.17, 15) is 24.0 Å². The van der Waals surface area contributed by atoms with Gasteiger partial charge in [0.15, 0.2) is 0 Å². The number of amides is 4. The highest BCUT2D eigenvalue weighted by Crippen LogP contribution is 2.57. The van der Waals surface area contributed by atoms with Crippen LogP contribution in [0.2, 0.25) is 0 Å². The number of nitrogens with one attached hydrogen (secondary N) is 3. The molecule has 44 heavy (non-hydrogen) atoms. The third-order valence-corrected chi connectivity index (χ3v) is 12.1. The molecule has 1 saturated heterocycles. The van der Waals surface area contributed by atoms with Crippen LogP contribution in [0, 0.1) is 46.8 Å². The second-order valence-corrected chi connectivity index (χ2v) is 16.4. The maximum atomic E-state index is 14.4. The molecule has 7 rings (SSSR count). The van der Waals surface area contributed by atoms with Crippen LogP contribution < -0.4 is 16.0 Å². The lowest BCUT2D eigenvalue weighted by Gasteiger charge is -2.54. The summed E-state index contributed by atoms with van der Waals surface area (Å²) in [6.07, 6.45) is 12.4. The largest absolute Gasteiger partial charge is 0.347 e. The average molecular weight is 611 g/mol. The number of carbonyl (C=O) groups is 5. The third kappa shape index (κ3) is 6.44. The fourth-order valence-electron chi connectivity index (χ4n) is 9.94. The summed E-state index contributed by atoms with van der Waals surface area (Å²) in [6, 6.07) is -2.32. The molecule has 0 radical (unpaired) electrons. The fraction of sp³-hybridized carbons (Fsp3) is 0.857. The standard InChI is InChI=1S/C35H54N4O5/c1-5-7-27(30(41)33(43)36-24-10-11-24)37-32(42)29-25-9-6-8-21(25)18-39(29)34(44)31(35(2,3)4)38-28(40)17-26-22-13-19-12-20(15-22)16-23(26)14-19/h19-27,29,31H,5-18H2,1-4H3,(H,36,43)(H,37,42)(H,38,40)/t19?,20?,21-,22?,23?,25-,26?,27-,29-,31+/m0/s1. The summed E-state index contributed by atoms with van der Waals surface area (Å²) in [5.74, 6) is 1.74. The zero-order valence-corrected chi connectivity index (χ0v) is 27.2. The van der Waals surface area contributed by atoms with Crippen molar-refractivity contribution in [3.8, 4) is 0 Å². The minimum absolute atomic E-state index is 0.0148. The van der Waals surface area contributed by atoms with Gasteiger partial charge in [-0.2, -0.15) is 0 Å². The summed E-state index contributed by atoms with van der Waals surface area (Å²) < 4.78 is 0. The van der Waals surface area contributed by atoms with Gasteiger partial charge >= 0.3 is 0 Å². The first-order valence-corrected chi connectivity index (χ1v) is 17.7. The van der Waals surface area contributed by atoms with Gasteiger partial charge in [0.05, 0.1) is 6.04 Å². The molecule has 0 unspecified atom stereocenters. The predicted octanol–water partition coefficient (Wildman–Crippen LogP) is 3.74. The van der Waals surface area contributed by atoms with Gasteiger partial charge in [-0.05, 0) is 111 Å². The van der Waals surface area contributed by atoms with Gasteiger partial charge in [-0.15, -0.1) is 0 Å². The predicted molar refractivity (Wildman–Crippen MR) is 166 cm³/mol. The molecule has 3 N–H and O–H groups in total. The van der Waals surface area contributed by atoms with Gasteiger partial charge in [-0.3, -0.25) is 24.0 Å². The molecule has 9 nitrogen and oxygen atoms in total. The van der Waals surface area contributed by atoms with Crippen LogP contribution in [-0.4, -0.2) is 65.0 Å². The Morgan fingerprint density at radius 2 is 1.50 bits per heavy atom. The molecule has 0 aromatic heterocycles. The van der Waals surface area contributed by atoms with Crippen molar-refractivity contribution >= 4 is 29.4 Å². The molecule has 4 bridgehead atoms. The summed E-state index contributed by atoms with van der Waals surface area (Å²) in [7, 11) is 0. The van der Waals surface area contributed by atoms with E-state index < -0.39 is 35.2 Å². The molecule has 1 aliphatic heterocycles. The molecule has 7 fully saturated rings. The van der Waals surface area contributed by atoms with E-state index in [0.29, 0.717) is 43.6 Å². The molecular formula is C35H54N4O5. The third-order valence-electron chi connectivity index (χ3n) is 12.1. The van der Waals surface area contributed by atoms with Crippen molar-refractivity contribution in [1.29, 1.82) is 0 Å². The van der Waals surface area contributed by atoms with Gasteiger partial charge < -0.3 is 20.9 Å². The van der Waals surface area contributed by atoms with Crippen molar-refractivity contribution in [2.24, 2.45) is 46.8 Å². The average Bonchev–Trinajstić information content (AvgIpc) is 3.52. The molecule has 1 heterocycles. The van der Waals surface area contributed by atoms with Gasteiger partial charge in [0.25, 0.3) is 5.91 Å². The molecule has 9 heteroatoms. The van der Waals surface area contributed by atoms with Gasteiger partial charge in [-0.1, -0.05) is 40.5 Å². The normalized spacial score (nSPS) is 35.1. The lowest BCUT2D eigenvalue weighted by Crippen LogP contribution is -2.60. The Balaban J connectivity index is 1.15. The molecule has 4 amide bonds. The van der Waals surface area contributed by atoms with Gasteiger partial charge in [0.2, 0.25) is 23.5 Å². The van der Waals surface area contributed by atoms with Gasteiger partial charge in [-0.25, -0.2) is 0 Å².